The molecule has 1 aliphatic heterocycles. The van der Waals surface area contributed by atoms with Gasteiger partial charge in [-0.05, 0) is 44.4 Å². The molecule has 0 radical (unpaired) electrons. The molecule has 1 aromatic heterocycles. The van der Waals surface area contributed by atoms with Gasteiger partial charge in [-0.1, -0.05) is 12.1 Å². The van der Waals surface area contributed by atoms with Crippen molar-refractivity contribution in [2.75, 3.05) is 17.6 Å². The van der Waals surface area contributed by atoms with E-state index in [0.29, 0.717) is 26.1 Å². The zero-order valence-electron chi connectivity index (χ0n) is 14.9. The van der Waals surface area contributed by atoms with Gasteiger partial charge in [0.05, 0.1) is 12.3 Å². The fourth-order valence-electron chi connectivity index (χ4n) is 3.18. The first-order chi connectivity index (χ1) is 11.9. The summed E-state index contributed by atoms with van der Waals surface area (Å²) in [6, 6.07) is 6.28. The Balaban J connectivity index is 1.77. The van der Waals surface area contributed by atoms with Crippen LogP contribution in [0.1, 0.15) is 43.8 Å². The molecule has 0 saturated carbocycles. The van der Waals surface area contributed by atoms with E-state index in [-0.39, 0.29) is 11.8 Å². The molecule has 136 valence electrons. The van der Waals surface area contributed by atoms with Crippen molar-refractivity contribution in [2.45, 2.75) is 46.3 Å². The summed E-state index contributed by atoms with van der Waals surface area (Å²) in [5.74, 6) is 1.03. The number of fused-ring (bicyclic) bond motifs is 1. The first-order valence-electron chi connectivity index (χ1n) is 8.63. The lowest BCUT2D eigenvalue weighted by atomic mass is 9.99. The van der Waals surface area contributed by atoms with Crippen molar-refractivity contribution in [1.82, 2.24) is 19.1 Å². The lowest BCUT2D eigenvalue weighted by molar-refractivity contribution is 0.392. The molecule has 0 saturated heterocycles. The van der Waals surface area contributed by atoms with E-state index in [1.54, 1.807) is 17.6 Å². The van der Waals surface area contributed by atoms with Crippen molar-refractivity contribution in [1.29, 1.82) is 0 Å². The first-order valence-corrected chi connectivity index (χ1v) is 10.2. The van der Waals surface area contributed by atoms with Crippen molar-refractivity contribution in [3.8, 4) is 0 Å². The zero-order valence-corrected chi connectivity index (χ0v) is 15.8. The van der Waals surface area contributed by atoms with E-state index in [4.69, 9.17) is 0 Å². The van der Waals surface area contributed by atoms with Gasteiger partial charge in [0.15, 0.2) is 0 Å². The van der Waals surface area contributed by atoms with Crippen molar-refractivity contribution >= 4 is 15.7 Å². The van der Waals surface area contributed by atoms with E-state index < -0.39 is 10.0 Å². The van der Waals surface area contributed by atoms with Gasteiger partial charge in [-0.2, -0.15) is 9.40 Å². The number of rotatable bonds is 6. The number of benzene rings is 1. The topological polar surface area (TPSA) is 80.1 Å². The van der Waals surface area contributed by atoms with E-state index in [2.05, 4.69) is 29.2 Å². The summed E-state index contributed by atoms with van der Waals surface area (Å²) in [6.07, 6.45) is 2.29. The highest BCUT2D eigenvalue weighted by Gasteiger charge is 2.26. The quantitative estimate of drug-likeness (QED) is 0.851. The van der Waals surface area contributed by atoms with Gasteiger partial charge < -0.3 is 5.32 Å². The third kappa shape index (κ3) is 3.69. The minimum Gasteiger partial charge on any atom is -0.378 e. The van der Waals surface area contributed by atoms with Gasteiger partial charge in [0, 0.05) is 24.8 Å². The Morgan fingerprint density at radius 3 is 2.84 bits per heavy atom. The summed E-state index contributed by atoms with van der Waals surface area (Å²) >= 11 is 0. The van der Waals surface area contributed by atoms with Crippen LogP contribution in [0.5, 0.6) is 0 Å². The van der Waals surface area contributed by atoms with Crippen LogP contribution in [0.2, 0.25) is 0 Å². The predicted octanol–water partition coefficient (Wildman–Crippen LogP) is 2.18. The molecule has 7 nitrogen and oxygen atoms in total. The number of hydrogen-bond acceptors (Lipinski definition) is 5. The second-order valence-corrected chi connectivity index (χ2v) is 8.75. The van der Waals surface area contributed by atoms with Crippen LogP contribution in [-0.2, 0) is 29.5 Å². The average Bonchev–Trinajstić information content (AvgIpc) is 3.08. The Kier molecular flexibility index (Phi) is 5.10. The maximum atomic E-state index is 12.1. The molecule has 1 aliphatic rings. The minimum absolute atomic E-state index is 0.144. The molecule has 2 aromatic rings. The number of aromatic nitrogens is 3. The summed E-state index contributed by atoms with van der Waals surface area (Å²) < 4.78 is 27.7. The molecule has 0 fully saturated rings. The highest BCUT2D eigenvalue weighted by atomic mass is 32.2. The van der Waals surface area contributed by atoms with E-state index in [0.717, 1.165) is 17.1 Å². The molecular weight excluding hydrogens is 338 g/mol. The van der Waals surface area contributed by atoms with E-state index in [1.807, 2.05) is 22.9 Å². The summed E-state index contributed by atoms with van der Waals surface area (Å²) in [6.45, 7) is 7.41. The van der Waals surface area contributed by atoms with Crippen LogP contribution >= 0.6 is 0 Å². The molecule has 0 unspecified atom stereocenters. The largest absolute Gasteiger partial charge is 0.378 e. The fourth-order valence-corrected chi connectivity index (χ4v) is 4.25. The van der Waals surface area contributed by atoms with Crippen molar-refractivity contribution in [3.05, 3.63) is 41.5 Å². The summed E-state index contributed by atoms with van der Waals surface area (Å²) in [7, 11) is -3.15. The molecule has 0 spiro atoms. The second-order valence-electron chi connectivity index (χ2n) is 6.50. The maximum Gasteiger partial charge on any atom is 0.214 e. The van der Waals surface area contributed by atoms with Gasteiger partial charge in [0.25, 0.3) is 0 Å². The Labute approximate surface area is 149 Å². The molecule has 0 atom stereocenters. The number of sulfonamides is 1. The first kappa shape index (κ1) is 17.9. The smallest absolute Gasteiger partial charge is 0.214 e. The molecule has 2 heterocycles. The van der Waals surface area contributed by atoms with Crippen molar-refractivity contribution in [2.24, 2.45) is 0 Å². The van der Waals surface area contributed by atoms with Gasteiger partial charge in [0.2, 0.25) is 10.0 Å². The second kappa shape index (κ2) is 7.13. The molecule has 3 rings (SSSR count). The van der Waals surface area contributed by atoms with Gasteiger partial charge in [0.1, 0.15) is 12.2 Å². The Bertz CT molecular complexity index is 844. The molecule has 1 aromatic carbocycles. The monoisotopic (exact) mass is 363 g/mol. The molecule has 8 heteroatoms. The van der Waals surface area contributed by atoms with Crippen LogP contribution in [0.3, 0.4) is 0 Å². The highest BCUT2D eigenvalue weighted by Crippen LogP contribution is 2.28. The standard InChI is InChI=1S/C17H25N5O2S/c1-4-25(23,24)21-9-8-15-14(11-21)6-5-7-16(15)18-10-17-19-12-20-22(17)13(2)3/h5-7,12-13,18H,4,8-11H2,1-3H3. The number of nitrogens with zero attached hydrogens (tertiary/aromatic N) is 4. The number of hydrogen-bond donors (Lipinski definition) is 1. The van der Waals surface area contributed by atoms with Crippen LogP contribution in [0.25, 0.3) is 0 Å². The Hall–Kier alpha value is -1.93. The van der Waals surface area contributed by atoms with Crippen LogP contribution in [0.4, 0.5) is 5.69 Å². The fraction of sp³-hybridized carbons (Fsp3) is 0.529. The van der Waals surface area contributed by atoms with Gasteiger partial charge in [-0.25, -0.2) is 18.1 Å². The SMILES string of the molecule is CCS(=O)(=O)N1CCc2c(cccc2NCc2ncnn2C(C)C)C1. The molecule has 1 N–H and O–H groups in total. The van der Waals surface area contributed by atoms with Gasteiger partial charge >= 0.3 is 0 Å². The molecular formula is C17H25N5O2S. The third-order valence-corrected chi connectivity index (χ3v) is 6.39. The van der Waals surface area contributed by atoms with Crippen LogP contribution < -0.4 is 5.32 Å². The molecule has 0 bridgehead atoms. The number of nitrogens with one attached hydrogen (secondary N) is 1. The molecule has 25 heavy (non-hydrogen) atoms. The van der Waals surface area contributed by atoms with Crippen LogP contribution in [-0.4, -0.2) is 39.8 Å². The highest BCUT2D eigenvalue weighted by molar-refractivity contribution is 7.89. The zero-order chi connectivity index (χ0) is 18.0. The molecule has 0 aliphatic carbocycles. The van der Waals surface area contributed by atoms with E-state index >= 15 is 0 Å². The van der Waals surface area contributed by atoms with Gasteiger partial charge in [-0.15, -0.1) is 0 Å². The minimum atomic E-state index is -3.15. The van der Waals surface area contributed by atoms with E-state index in [9.17, 15) is 8.42 Å². The average molecular weight is 363 g/mol. The van der Waals surface area contributed by atoms with Crippen molar-refractivity contribution in [3.63, 3.8) is 0 Å². The normalized spacial score (nSPS) is 15.4. The predicted molar refractivity (Wildman–Crippen MR) is 97.8 cm³/mol. The Morgan fingerprint density at radius 2 is 2.12 bits per heavy atom. The third-order valence-electron chi connectivity index (χ3n) is 4.56. The number of anilines is 1. The lowest BCUT2D eigenvalue weighted by Gasteiger charge is -2.29. The summed E-state index contributed by atoms with van der Waals surface area (Å²) in [5.41, 5.74) is 3.31. The van der Waals surface area contributed by atoms with Crippen LogP contribution in [0, 0.1) is 0 Å². The maximum absolute atomic E-state index is 12.1. The summed E-state index contributed by atoms with van der Waals surface area (Å²) in [4.78, 5) is 4.32. The Morgan fingerprint density at radius 1 is 1.32 bits per heavy atom. The van der Waals surface area contributed by atoms with Gasteiger partial charge in [-0.3, -0.25) is 0 Å². The van der Waals surface area contributed by atoms with Crippen molar-refractivity contribution < 1.29 is 8.42 Å². The lowest BCUT2D eigenvalue weighted by Crippen LogP contribution is -2.37. The molecule has 0 amide bonds. The summed E-state index contributed by atoms with van der Waals surface area (Å²) in [5, 5.41) is 7.70. The van der Waals surface area contributed by atoms with E-state index in [1.165, 1.54) is 5.56 Å². The van der Waals surface area contributed by atoms with Crippen LogP contribution in [0.15, 0.2) is 24.5 Å².